The predicted octanol–water partition coefficient (Wildman–Crippen LogP) is 4.19. The Labute approximate surface area is 296 Å². The number of benzene rings is 2. The molecule has 2 unspecified atom stereocenters. The lowest BCUT2D eigenvalue weighted by Gasteiger charge is -2.29. The molecule has 2 aromatic heterocycles. The standard InChI is InChI=1S/C37H44N8O6/c1-23(2)33(44-37(49)51-4)35(47)45-19-7-8-30(45)34-42-27-17-14-25(20-28(27)43-34)11-10-24-12-15-26(16-13-24)29-21-39-31(41-29)9-5-6-18-38-32(46)22-40-36(48)50-3/h12-17,20-21,23,30,33H,5-9,18-19,22H2,1-4H3,(H,38,46)(H,39,41)(H,40,48)(H,42,43)(H,44,49). The van der Waals surface area contributed by atoms with E-state index in [1.54, 1.807) is 4.90 Å². The summed E-state index contributed by atoms with van der Waals surface area (Å²) in [6.07, 6.45) is 4.52. The number of fused-ring (bicyclic) bond motifs is 1. The summed E-state index contributed by atoms with van der Waals surface area (Å²) >= 11 is 0. The number of rotatable bonds is 12. The van der Waals surface area contributed by atoms with Crippen molar-refractivity contribution in [2.75, 3.05) is 33.9 Å². The van der Waals surface area contributed by atoms with Crippen LogP contribution >= 0.6 is 0 Å². The molecule has 5 rings (SSSR count). The number of H-pyrrole nitrogens is 2. The number of aromatic amines is 2. The van der Waals surface area contributed by atoms with Crippen LogP contribution in [0.5, 0.6) is 0 Å². The van der Waals surface area contributed by atoms with E-state index >= 15 is 0 Å². The number of hydrogen-bond acceptors (Lipinski definition) is 8. The number of carbonyl (C=O) groups excluding carboxylic acids is 4. The zero-order valence-electron chi connectivity index (χ0n) is 29.3. The number of methoxy groups -OCH3 is 2. The molecular formula is C37H44N8O6. The van der Waals surface area contributed by atoms with Gasteiger partial charge in [-0.15, -0.1) is 0 Å². The highest BCUT2D eigenvalue weighted by Gasteiger charge is 2.37. The number of amides is 4. The van der Waals surface area contributed by atoms with E-state index in [-0.39, 0.29) is 30.3 Å². The molecule has 2 atom stereocenters. The largest absolute Gasteiger partial charge is 0.453 e. The number of aryl methyl sites for hydroxylation is 1. The van der Waals surface area contributed by atoms with Crippen molar-refractivity contribution < 1.29 is 28.7 Å². The van der Waals surface area contributed by atoms with Crippen LogP contribution in [0.4, 0.5) is 9.59 Å². The van der Waals surface area contributed by atoms with Gasteiger partial charge in [0.05, 0.1) is 49.7 Å². The van der Waals surface area contributed by atoms with Crippen LogP contribution in [0.2, 0.25) is 0 Å². The van der Waals surface area contributed by atoms with E-state index in [1.807, 2.05) is 62.5 Å². The van der Waals surface area contributed by atoms with Crippen LogP contribution in [0.25, 0.3) is 22.3 Å². The van der Waals surface area contributed by atoms with Gasteiger partial charge in [-0.3, -0.25) is 9.59 Å². The van der Waals surface area contributed by atoms with Crippen LogP contribution in [0, 0.1) is 17.8 Å². The third-order valence-electron chi connectivity index (χ3n) is 8.66. The lowest BCUT2D eigenvalue weighted by molar-refractivity contribution is -0.135. The fraction of sp³-hybridized carbons (Fsp3) is 0.405. The van der Waals surface area contributed by atoms with E-state index < -0.39 is 18.2 Å². The third kappa shape index (κ3) is 9.66. The summed E-state index contributed by atoms with van der Waals surface area (Å²) in [6, 6.07) is 12.9. The van der Waals surface area contributed by atoms with Gasteiger partial charge in [-0.05, 0) is 67.5 Å². The maximum Gasteiger partial charge on any atom is 0.407 e. The molecule has 268 valence electrons. The molecule has 4 aromatic rings. The van der Waals surface area contributed by atoms with Crippen molar-refractivity contribution in [3.05, 3.63) is 71.4 Å². The van der Waals surface area contributed by atoms with Gasteiger partial charge in [0.2, 0.25) is 11.8 Å². The highest BCUT2D eigenvalue weighted by atomic mass is 16.5. The van der Waals surface area contributed by atoms with Crippen LogP contribution in [-0.4, -0.2) is 88.7 Å². The number of nitrogens with one attached hydrogen (secondary N) is 5. The van der Waals surface area contributed by atoms with E-state index in [0.717, 1.165) is 77.2 Å². The van der Waals surface area contributed by atoms with E-state index in [2.05, 4.69) is 47.5 Å². The molecule has 1 aliphatic heterocycles. The molecule has 0 aliphatic carbocycles. The number of likely N-dealkylation sites (tertiary alicyclic amines) is 1. The Morgan fingerprint density at radius 1 is 0.961 bits per heavy atom. The zero-order valence-corrected chi connectivity index (χ0v) is 29.3. The van der Waals surface area contributed by atoms with Crippen LogP contribution in [0.1, 0.15) is 68.3 Å². The normalized spacial score (nSPS) is 14.5. The molecular weight excluding hydrogens is 652 g/mol. The molecule has 5 N–H and O–H groups in total. The summed E-state index contributed by atoms with van der Waals surface area (Å²) in [7, 11) is 2.53. The average Bonchev–Trinajstić information content (AvgIpc) is 3.91. The smallest absolute Gasteiger partial charge is 0.407 e. The van der Waals surface area contributed by atoms with Gasteiger partial charge in [-0.2, -0.15) is 0 Å². The van der Waals surface area contributed by atoms with Gasteiger partial charge in [0.15, 0.2) is 0 Å². The maximum atomic E-state index is 13.5. The van der Waals surface area contributed by atoms with Crippen molar-refractivity contribution in [2.45, 2.75) is 58.0 Å². The number of unbranched alkanes of at least 4 members (excludes halogenated alkanes) is 1. The van der Waals surface area contributed by atoms with Crippen molar-refractivity contribution >= 4 is 35.0 Å². The van der Waals surface area contributed by atoms with Crippen molar-refractivity contribution in [3.8, 4) is 23.1 Å². The molecule has 0 saturated carbocycles. The van der Waals surface area contributed by atoms with E-state index in [4.69, 9.17) is 9.72 Å². The van der Waals surface area contributed by atoms with Crippen molar-refractivity contribution in [2.24, 2.45) is 5.92 Å². The highest BCUT2D eigenvalue weighted by Crippen LogP contribution is 2.32. The minimum absolute atomic E-state index is 0.106. The lowest BCUT2D eigenvalue weighted by Crippen LogP contribution is -2.51. The first kappa shape index (κ1) is 36.4. The van der Waals surface area contributed by atoms with Gasteiger partial charge in [-0.25, -0.2) is 19.6 Å². The number of ether oxygens (including phenoxy) is 2. The summed E-state index contributed by atoms with van der Waals surface area (Å²) < 4.78 is 9.18. The first-order valence-electron chi connectivity index (χ1n) is 17.0. The summed E-state index contributed by atoms with van der Waals surface area (Å²) in [5, 5.41) is 7.79. The Hall–Kier alpha value is -5.84. The minimum Gasteiger partial charge on any atom is -0.453 e. The number of aromatic nitrogens is 4. The zero-order chi connectivity index (χ0) is 36.3. The van der Waals surface area contributed by atoms with Crippen LogP contribution < -0.4 is 16.0 Å². The highest BCUT2D eigenvalue weighted by molar-refractivity contribution is 5.86. The fourth-order valence-electron chi connectivity index (χ4n) is 5.90. The molecule has 1 aliphatic rings. The van der Waals surface area contributed by atoms with Crippen molar-refractivity contribution in [1.82, 2.24) is 40.8 Å². The van der Waals surface area contributed by atoms with Crippen LogP contribution in [0.15, 0.2) is 48.7 Å². The van der Waals surface area contributed by atoms with Gasteiger partial charge in [0, 0.05) is 30.6 Å². The van der Waals surface area contributed by atoms with Crippen LogP contribution in [-0.2, 0) is 25.5 Å². The van der Waals surface area contributed by atoms with Crippen LogP contribution in [0.3, 0.4) is 0 Å². The molecule has 0 bridgehead atoms. The number of imidazole rings is 2. The Morgan fingerprint density at radius 2 is 1.71 bits per heavy atom. The number of hydrogen-bond donors (Lipinski definition) is 5. The number of carbonyl (C=O) groups is 4. The van der Waals surface area contributed by atoms with Gasteiger partial charge < -0.3 is 40.3 Å². The SMILES string of the molecule is COC(=O)NCC(=O)NCCCCc1ncc(-c2ccc(C#Cc3ccc4nc(C5CCCN5C(=O)C(NC(=O)OC)C(C)C)[nH]c4c3)cc2)[nH]1. The van der Waals surface area contributed by atoms with Crippen molar-refractivity contribution in [1.29, 1.82) is 0 Å². The Kier molecular flexibility index (Phi) is 12.3. The summed E-state index contributed by atoms with van der Waals surface area (Å²) in [5.74, 6) is 7.55. The minimum atomic E-state index is -0.690. The van der Waals surface area contributed by atoms with Gasteiger partial charge in [0.25, 0.3) is 0 Å². The fourth-order valence-corrected chi connectivity index (χ4v) is 5.90. The second kappa shape index (κ2) is 17.2. The molecule has 51 heavy (non-hydrogen) atoms. The first-order chi connectivity index (χ1) is 24.6. The van der Waals surface area contributed by atoms with Gasteiger partial charge in [-0.1, -0.05) is 37.8 Å². The van der Waals surface area contributed by atoms with E-state index in [9.17, 15) is 19.2 Å². The Bertz CT molecular complexity index is 1900. The third-order valence-corrected chi connectivity index (χ3v) is 8.66. The second-order valence-electron chi connectivity index (χ2n) is 12.6. The van der Waals surface area contributed by atoms with Crippen molar-refractivity contribution in [3.63, 3.8) is 0 Å². The first-order valence-corrected chi connectivity index (χ1v) is 17.0. The molecule has 1 fully saturated rings. The van der Waals surface area contributed by atoms with Gasteiger partial charge >= 0.3 is 12.2 Å². The molecule has 14 nitrogen and oxygen atoms in total. The lowest BCUT2D eigenvalue weighted by atomic mass is 10.0. The molecule has 1 saturated heterocycles. The number of alkyl carbamates (subject to hydrolysis) is 2. The molecule has 0 radical (unpaired) electrons. The molecule has 0 spiro atoms. The molecule has 4 amide bonds. The van der Waals surface area contributed by atoms with E-state index in [1.165, 1.54) is 14.2 Å². The summed E-state index contributed by atoms with van der Waals surface area (Å²) in [5.41, 5.74) is 5.24. The quantitative estimate of drug-likeness (QED) is 0.108. The maximum absolute atomic E-state index is 13.5. The second-order valence-corrected chi connectivity index (χ2v) is 12.6. The Morgan fingerprint density at radius 3 is 2.45 bits per heavy atom. The Balaban J connectivity index is 1.15. The molecule has 2 aromatic carbocycles. The summed E-state index contributed by atoms with van der Waals surface area (Å²) in [6.45, 7) is 4.77. The molecule has 3 heterocycles. The topological polar surface area (TPSA) is 183 Å². The molecule has 14 heteroatoms. The van der Waals surface area contributed by atoms with Gasteiger partial charge in [0.1, 0.15) is 17.7 Å². The van der Waals surface area contributed by atoms with E-state index in [0.29, 0.717) is 13.1 Å². The predicted molar refractivity (Wildman–Crippen MR) is 190 cm³/mol. The summed E-state index contributed by atoms with van der Waals surface area (Å²) in [4.78, 5) is 66.0. The monoisotopic (exact) mass is 696 g/mol. The number of nitrogens with zero attached hydrogens (tertiary/aromatic N) is 3. The average molecular weight is 697 g/mol.